The number of hydrogen-bond acceptors (Lipinski definition) is 3. The molecule has 0 saturated heterocycles. The summed E-state index contributed by atoms with van der Waals surface area (Å²) in [7, 11) is 0. The molecule has 1 aliphatic carbocycles. The maximum atomic E-state index is 13.4. The highest BCUT2D eigenvalue weighted by atomic mass is 19.1. The van der Waals surface area contributed by atoms with Crippen LogP contribution in [-0.2, 0) is 11.3 Å². The first kappa shape index (κ1) is 12.3. The van der Waals surface area contributed by atoms with Crippen molar-refractivity contribution in [1.29, 1.82) is 0 Å². The van der Waals surface area contributed by atoms with Crippen molar-refractivity contribution in [3.8, 4) is 5.75 Å². The van der Waals surface area contributed by atoms with Gasteiger partial charge in [0.2, 0.25) is 0 Å². The van der Waals surface area contributed by atoms with Gasteiger partial charge in [0.15, 0.2) is 24.2 Å². The van der Waals surface area contributed by atoms with Gasteiger partial charge in [-0.2, -0.15) is 0 Å². The minimum atomic E-state index is -0.750. The molecule has 2 rings (SSSR count). The van der Waals surface area contributed by atoms with Gasteiger partial charge in [-0.1, -0.05) is 0 Å². The molecule has 1 aromatic rings. The van der Waals surface area contributed by atoms with E-state index in [1.807, 2.05) is 0 Å². The standard InChI is InChI=1S/C12H15F2NO2/c13-10-3-9(5-15)4-11(14)12(10)17-7-16-6-8-1-2-8/h3-4,8H,1-2,5-7,15H2. The molecule has 2 N–H and O–H groups in total. The van der Waals surface area contributed by atoms with Crippen LogP contribution < -0.4 is 10.5 Å². The van der Waals surface area contributed by atoms with Gasteiger partial charge in [-0.05, 0) is 36.5 Å². The van der Waals surface area contributed by atoms with E-state index >= 15 is 0 Å². The molecule has 0 aromatic heterocycles. The van der Waals surface area contributed by atoms with E-state index in [4.69, 9.17) is 15.2 Å². The Labute approximate surface area is 98.5 Å². The highest BCUT2D eigenvalue weighted by Gasteiger charge is 2.21. The van der Waals surface area contributed by atoms with E-state index in [1.165, 1.54) is 12.1 Å². The third-order valence-electron chi connectivity index (χ3n) is 2.63. The van der Waals surface area contributed by atoms with Gasteiger partial charge in [0, 0.05) is 6.54 Å². The molecule has 0 atom stereocenters. The van der Waals surface area contributed by atoms with E-state index in [1.54, 1.807) is 0 Å². The lowest BCUT2D eigenvalue weighted by atomic mass is 10.2. The molecule has 0 radical (unpaired) electrons. The zero-order chi connectivity index (χ0) is 12.3. The van der Waals surface area contributed by atoms with E-state index in [9.17, 15) is 8.78 Å². The maximum absolute atomic E-state index is 13.4. The lowest BCUT2D eigenvalue weighted by Crippen LogP contribution is -2.08. The second-order valence-corrected chi connectivity index (χ2v) is 4.17. The average molecular weight is 243 g/mol. The summed E-state index contributed by atoms with van der Waals surface area (Å²) in [6.45, 7) is 0.544. The van der Waals surface area contributed by atoms with Gasteiger partial charge in [-0.25, -0.2) is 8.78 Å². The van der Waals surface area contributed by atoms with E-state index < -0.39 is 17.4 Å². The lowest BCUT2D eigenvalue weighted by molar-refractivity contribution is 0.00571. The van der Waals surface area contributed by atoms with Crippen molar-refractivity contribution in [1.82, 2.24) is 0 Å². The predicted molar refractivity (Wildman–Crippen MR) is 58.4 cm³/mol. The zero-order valence-electron chi connectivity index (χ0n) is 9.42. The minimum absolute atomic E-state index is 0.0896. The molecule has 94 valence electrons. The molecule has 0 amide bonds. The third kappa shape index (κ3) is 3.38. The molecule has 3 nitrogen and oxygen atoms in total. The minimum Gasteiger partial charge on any atom is -0.461 e. The maximum Gasteiger partial charge on any atom is 0.193 e. The number of halogens is 2. The number of ether oxygens (including phenoxy) is 2. The number of rotatable bonds is 6. The number of benzene rings is 1. The number of hydrogen-bond donors (Lipinski definition) is 1. The Kier molecular flexibility index (Phi) is 3.91. The van der Waals surface area contributed by atoms with E-state index in [0.717, 1.165) is 12.8 Å². The van der Waals surface area contributed by atoms with Crippen molar-refractivity contribution >= 4 is 0 Å². The molecule has 1 aromatic carbocycles. The smallest absolute Gasteiger partial charge is 0.193 e. The van der Waals surface area contributed by atoms with Crippen LogP contribution >= 0.6 is 0 Å². The summed E-state index contributed by atoms with van der Waals surface area (Å²) < 4.78 is 36.9. The first-order valence-corrected chi connectivity index (χ1v) is 5.59. The molecule has 0 unspecified atom stereocenters. The molecule has 0 spiro atoms. The van der Waals surface area contributed by atoms with Crippen molar-refractivity contribution in [3.63, 3.8) is 0 Å². The Balaban J connectivity index is 1.89. The largest absolute Gasteiger partial charge is 0.461 e. The molecular weight excluding hydrogens is 228 g/mol. The molecule has 0 heterocycles. The van der Waals surface area contributed by atoms with Crippen molar-refractivity contribution in [2.45, 2.75) is 19.4 Å². The van der Waals surface area contributed by atoms with Crippen molar-refractivity contribution in [2.24, 2.45) is 11.7 Å². The molecule has 1 saturated carbocycles. The second kappa shape index (κ2) is 5.42. The Bertz CT molecular complexity index is 371. The van der Waals surface area contributed by atoms with Crippen LogP contribution in [0.5, 0.6) is 5.75 Å². The first-order valence-electron chi connectivity index (χ1n) is 5.59. The number of nitrogens with two attached hydrogens (primary N) is 1. The highest BCUT2D eigenvalue weighted by molar-refractivity contribution is 5.31. The fourth-order valence-corrected chi connectivity index (χ4v) is 1.47. The third-order valence-corrected chi connectivity index (χ3v) is 2.63. The predicted octanol–water partition coefficient (Wildman–Crippen LogP) is 2.19. The van der Waals surface area contributed by atoms with Crippen LogP contribution in [0.2, 0.25) is 0 Å². The summed E-state index contributed by atoms with van der Waals surface area (Å²) in [5.74, 6) is -1.31. The van der Waals surface area contributed by atoms with Gasteiger partial charge in [0.05, 0.1) is 6.61 Å². The van der Waals surface area contributed by atoms with Crippen LogP contribution in [0, 0.1) is 17.6 Å². The van der Waals surface area contributed by atoms with Crippen LogP contribution in [-0.4, -0.2) is 13.4 Å². The Morgan fingerprint density at radius 1 is 1.24 bits per heavy atom. The summed E-state index contributed by atoms with van der Waals surface area (Å²) in [6.07, 6.45) is 2.32. The summed E-state index contributed by atoms with van der Waals surface area (Å²) in [6, 6.07) is 2.33. The molecule has 17 heavy (non-hydrogen) atoms. The normalized spacial score (nSPS) is 15.0. The summed E-state index contributed by atoms with van der Waals surface area (Å²) >= 11 is 0. The molecule has 1 aliphatic rings. The molecule has 5 heteroatoms. The molecular formula is C12H15F2NO2. The van der Waals surface area contributed by atoms with Crippen LogP contribution in [0.25, 0.3) is 0 Å². The first-order chi connectivity index (χ1) is 8.20. The summed E-state index contributed by atoms with van der Waals surface area (Å²) in [5, 5.41) is 0. The quantitative estimate of drug-likeness (QED) is 0.615. The van der Waals surface area contributed by atoms with Crippen molar-refractivity contribution in [3.05, 3.63) is 29.3 Å². The summed E-state index contributed by atoms with van der Waals surface area (Å²) in [5.41, 5.74) is 5.70. The van der Waals surface area contributed by atoms with E-state index in [0.29, 0.717) is 18.1 Å². The van der Waals surface area contributed by atoms with Crippen molar-refractivity contribution in [2.75, 3.05) is 13.4 Å². The summed E-state index contributed by atoms with van der Waals surface area (Å²) in [4.78, 5) is 0. The molecule has 0 bridgehead atoms. The van der Waals surface area contributed by atoms with E-state index in [-0.39, 0.29) is 13.3 Å². The van der Waals surface area contributed by atoms with E-state index in [2.05, 4.69) is 0 Å². The molecule has 1 fully saturated rings. The Morgan fingerprint density at radius 3 is 2.41 bits per heavy atom. The Hall–Kier alpha value is -1.20. The van der Waals surface area contributed by atoms with Gasteiger partial charge in [-0.3, -0.25) is 0 Å². The average Bonchev–Trinajstić information content (AvgIpc) is 3.10. The van der Waals surface area contributed by atoms with Gasteiger partial charge >= 0.3 is 0 Å². The van der Waals surface area contributed by atoms with Gasteiger partial charge in [-0.15, -0.1) is 0 Å². The van der Waals surface area contributed by atoms with Crippen molar-refractivity contribution < 1.29 is 18.3 Å². The Morgan fingerprint density at radius 2 is 1.88 bits per heavy atom. The van der Waals surface area contributed by atoms with Crippen LogP contribution in [0.1, 0.15) is 18.4 Å². The molecule has 0 aliphatic heterocycles. The van der Waals surface area contributed by atoms with Crippen LogP contribution in [0.4, 0.5) is 8.78 Å². The van der Waals surface area contributed by atoms with Gasteiger partial charge in [0.25, 0.3) is 0 Å². The fraction of sp³-hybridized carbons (Fsp3) is 0.500. The van der Waals surface area contributed by atoms with Gasteiger partial charge in [0.1, 0.15) is 0 Å². The highest BCUT2D eigenvalue weighted by Crippen LogP contribution is 2.29. The SMILES string of the molecule is NCc1cc(F)c(OCOCC2CC2)c(F)c1. The van der Waals surface area contributed by atoms with Crippen LogP contribution in [0.3, 0.4) is 0 Å². The lowest BCUT2D eigenvalue weighted by Gasteiger charge is -2.09. The monoisotopic (exact) mass is 243 g/mol. The topological polar surface area (TPSA) is 44.5 Å². The fourth-order valence-electron chi connectivity index (χ4n) is 1.47. The zero-order valence-corrected chi connectivity index (χ0v) is 9.42. The van der Waals surface area contributed by atoms with Gasteiger partial charge < -0.3 is 15.2 Å². The van der Waals surface area contributed by atoms with Crippen LogP contribution in [0.15, 0.2) is 12.1 Å². The second-order valence-electron chi connectivity index (χ2n) is 4.17.